The van der Waals surface area contributed by atoms with Gasteiger partial charge < -0.3 is 24.1 Å². The second kappa shape index (κ2) is 10.3. The second-order valence-corrected chi connectivity index (χ2v) is 11.3. The molecule has 1 fully saturated rings. The highest BCUT2D eigenvalue weighted by Crippen LogP contribution is 2.47. The summed E-state index contributed by atoms with van der Waals surface area (Å²) in [5, 5.41) is 4.97. The van der Waals surface area contributed by atoms with Crippen LogP contribution in [-0.4, -0.2) is 66.5 Å². The molecule has 0 atom stereocenters. The van der Waals surface area contributed by atoms with E-state index in [1.165, 1.54) is 4.72 Å². The maximum absolute atomic E-state index is 13.3. The van der Waals surface area contributed by atoms with Crippen molar-refractivity contribution in [3.8, 4) is 11.5 Å². The van der Waals surface area contributed by atoms with Crippen molar-refractivity contribution in [2.24, 2.45) is 5.92 Å². The molecule has 0 aliphatic carbocycles. The van der Waals surface area contributed by atoms with E-state index >= 15 is 0 Å². The number of hydrogen-bond acceptors (Lipinski definition) is 11. The van der Waals surface area contributed by atoms with E-state index in [2.05, 4.69) is 19.7 Å². The number of benzene rings is 1. The number of aromatic nitrogens is 1. The molecule has 0 spiro atoms. The van der Waals surface area contributed by atoms with Crippen molar-refractivity contribution < 1.29 is 58.3 Å². The minimum absolute atomic E-state index is 0.0926. The molecule has 208 valence electrons. The largest absolute Gasteiger partial charge is 0.573 e. The standard InChI is InChI=1S/C19H19F3N4O10S2/c20-19(21,22)35-17-15-12(37(29,30)26-18(15)28)7-11(25-38(31,32)14-1-4-24-36-14)16(17)34-9-13(27)23-8-10-2-5-33-6-3-10/h1,4,7,10,25H,2-3,5-6,8-9H2,(H,23,27)(H,26,28). The zero-order valence-corrected chi connectivity index (χ0v) is 20.7. The lowest BCUT2D eigenvalue weighted by Gasteiger charge is -2.22. The first-order valence-electron chi connectivity index (χ1n) is 10.7. The van der Waals surface area contributed by atoms with E-state index in [-0.39, 0.29) is 12.5 Å². The van der Waals surface area contributed by atoms with Gasteiger partial charge in [-0.2, -0.15) is 8.42 Å². The summed E-state index contributed by atoms with van der Waals surface area (Å²) < 4.78 is 112. The highest BCUT2D eigenvalue weighted by Gasteiger charge is 2.44. The fourth-order valence-corrected chi connectivity index (χ4v) is 5.75. The molecule has 2 aromatic rings. The topological polar surface area (TPSA) is 192 Å². The number of anilines is 1. The van der Waals surface area contributed by atoms with E-state index in [4.69, 9.17) is 9.47 Å². The van der Waals surface area contributed by atoms with E-state index < -0.39 is 77.6 Å². The molecule has 2 aliphatic rings. The molecule has 4 rings (SSSR count). The number of fused-ring (bicyclic) bond motifs is 1. The van der Waals surface area contributed by atoms with Crippen molar-refractivity contribution in [3.63, 3.8) is 0 Å². The summed E-state index contributed by atoms with van der Waals surface area (Å²) in [6, 6.07) is 1.45. The van der Waals surface area contributed by atoms with Gasteiger partial charge in [-0.25, -0.2) is 13.1 Å². The van der Waals surface area contributed by atoms with Crippen LogP contribution in [0.5, 0.6) is 11.5 Å². The quantitative estimate of drug-likeness (QED) is 0.376. The molecule has 3 N–H and O–H groups in total. The number of alkyl halides is 3. The van der Waals surface area contributed by atoms with Crippen molar-refractivity contribution in [1.82, 2.24) is 15.2 Å². The normalized spacial score (nSPS) is 17.4. The zero-order chi connectivity index (χ0) is 27.7. The average Bonchev–Trinajstić information content (AvgIpc) is 3.44. The van der Waals surface area contributed by atoms with Gasteiger partial charge in [0.25, 0.3) is 37.0 Å². The molecule has 1 saturated heterocycles. The Morgan fingerprint density at radius 2 is 1.95 bits per heavy atom. The summed E-state index contributed by atoms with van der Waals surface area (Å²) in [6.07, 6.45) is -3.17. The number of rotatable bonds is 9. The van der Waals surface area contributed by atoms with E-state index in [1.54, 1.807) is 0 Å². The molecule has 0 radical (unpaired) electrons. The van der Waals surface area contributed by atoms with E-state index in [1.807, 2.05) is 4.72 Å². The Morgan fingerprint density at radius 3 is 2.58 bits per heavy atom. The highest BCUT2D eigenvalue weighted by atomic mass is 32.2. The summed E-state index contributed by atoms with van der Waals surface area (Å²) in [7, 11) is -9.39. The average molecular weight is 585 g/mol. The van der Waals surface area contributed by atoms with Crippen LogP contribution in [0.4, 0.5) is 18.9 Å². The van der Waals surface area contributed by atoms with Crippen molar-refractivity contribution in [2.45, 2.75) is 29.2 Å². The van der Waals surface area contributed by atoms with Crippen LogP contribution in [0.3, 0.4) is 0 Å². The third-order valence-electron chi connectivity index (χ3n) is 5.36. The van der Waals surface area contributed by atoms with Crippen LogP contribution in [-0.2, 0) is 29.6 Å². The number of sulfonamides is 2. The van der Waals surface area contributed by atoms with Crippen molar-refractivity contribution in [2.75, 3.05) is 31.1 Å². The molecule has 14 nitrogen and oxygen atoms in total. The van der Waals surface area contributed by atoms with Gasteiger partial charge in [0.15, 0.2) is 18.1 Å². The molecule has 19 heteroatoms. The van der Waals surface area contributed by atoms with Gasteiger partial charge in [-0.05, 0) is 24.8 Å². The lowest BCUT2D eigenvalue weighted by molar-refractivity contribution is -0.275. The fourth-order valence-electron chi connectivity index (χ4n) is 3.64. The van der Waals surface area contributed by atoms with Gasteiger partial charge >= 0.3 is 6.36 Å². The molecular formula is C19H19F3N4O10S2. The molecule has 0 unspecified atom stereocenters. The van der Waals surface area contributed by atoms with Gasteiger partial charge in [0.1, 0.15) is 10.5 Å². The number of hydrogen-bond donors (Lipinski definition) is 3. The summed E-state index contributed by atoms with van der Waals surface area (Å²) in [5.41, 5.74) is -1.99. The summed E-state index contributed by atoms with van der Waals surface area (Å²) in [5.74, 6) is -4.73. The summed E-state index contributed by atoms with van der Waals surface area (Å²) in [6.45, 7) is 0.281. The predicted octanol–water partition coefficient (Wildman–Crippen LogP) is 0.728. The first-order chi connectivity index (χ1) is 17.8. The van der Waals surface area contributed by atoms with Gasteiger partial charge in [0, 0.05) is 25.8 Å². The molecule has 3 heterocycles. The number of halogens is 3. The van der Waals surface area contributed by atoms with Crippen LogP contribution in [0, 0.1) is 5.92 Å². The van der Waals surface area contributed by atoms with Crippen LogP contribution in [0.15, 0.2) is 32.8 Å². The van der Waals surface area contributed by atoms with Gasteiger partial charge in [-0.1, -0.05) is 5.16 Å². The summed E-state index contributed by atoms with van der Waals surface area (Å²) in [4.78, 5) is 23.6. The Morgan fingerprint density at radius 1 is 1.24 bits per heavy atom. The van der Waals surface area contributed by atoms with E-state index in [9.17, 15) is 39.6 Å². The Kier molecular flexibility index (Phi) is 7.44. The first-order valence-corrected chi connectivity index (χ1v) is 13.7. The molecule has 2 aliphatic heterocycles. The van der Waals surface area contributed by atoms with Crippen LogP contribution in [0.1, 0.15) is 23.2 Å². The number of nitrogens with zero attached hydrogens (tertiary/aromatic N) is 1. The zero-order valence-electron chi connectivity index (χ0n) is 19.0. The number of ether oxygens (including phenoxy) is 3. The third-order valence-corrected chi connectivity index (χ3v) is 7.94. The Bertz CT molecular complexity index is 1440. The van der Waals surface area contributed by atoms with E-state index in [0.29, 0.717) is 32.1 Å². The first kappa shape index (κ1) is 27.5. The molecule has 0 saturated carbocycles. The number of nitrogens with one attached hydrogen (secondary N) is 3. The smallest absolute Gasteiger partial charge is 0.478 e. The van der Waals surface area contributed by atoms with Crippen LogP contribution in [0.25, 0.3) is 0 Å². The van der Waals surface area contributed by atoms with Gasteiger partial charge in [-0.3, -0.25) is 14.3 Å². The van der Waals surface area contributed by atoms with Crippen LogP contribution in [0.2, 0.25) is 0 Å². The second-order valence-electron chi connectivity index (χ2n) is 8.02. The fraction of sp³-hybridized carbons (Fsp3) is 0.421. The Labute approximate surface area is 212 Å². The van der Waals surface area contributed by atoms with Crippen LogP contribution >= 0.6 is 0 Å². The molecule has 0 bridgehead atoms. The maximum atomic E-state index is 13.3. The highest BCUT2D eigenvalue weighted by molar-refractivity contribution is 7.92. The molecule has 38 heavy (non-hydrogen) atoms. The van der Waals surface area contributed by atoms with Crippen molar-refractivity contribution in [1.29, 1.82) is 0 Å². The third kappa shape index (κ3) is 6.10. The lowest BCUT2D eigenvalue weighted by atomic mass is 10.0. The minimum Gasteiger partial charge on any atom is -0.478 e. The number of carbonyl (C=O) groups excluding carboxylic acids is 2. The molecule has 1 aromatic heterocycles. The minimum atomic E-state index is -5.48. The van der Waals surface area contributed by atoms with Crippen molar-refractivity contribution >= 4 is 37.5 Å². The van der Waals surface area contributed by atoms with Crippen LogP contribution < -0.4 is 24.2 Å². The lowest BCUT2D eigenvalue weighted by Crippen LogP contribution is -2.35. The number of amides is 2. The predicted molar refractivity (Wildman–Crippen MR) is 117 cm³/mol. The van der Waals surface area contributed by atoms with Gasteiger partial charge in [0.2, 0.25) is 0 Å². The number of carbonyl (C=O) groups is 2. The maximum Gasteiger partial charge on any atom is 0.573 e. The Balaban J connectivity index is 1.72. The van der Waals surface area contributed by atoms with Gasteiger partial charge in [0.05, 0.1) is 11.9 Å². The SMILES string of the molecule is O=C(COc1c(NS(=O)(=O)c2ccno2)cc2c(c1OC(F)(F)F)C(=O)NS2(=O)=O)NCC1CCOCC1. The molecule has 1 aromatic carbocycles. The Hall–Kier alpha value is -3.58. The molecular weight excluding hydrogens is 565 g/mol. The summed E-state index contributed by atoms with van der Waals surface area (Å²) >= 11 is 0. The monoisotopic (exact) mass is 584 g/mol. The van der Waals surface area contributed by atoms with E-state index in [0.717, 1.165) is 12.3 Å². The molecule has 2 amide bonds. The van der Waals surface area contributed by atoms with Crippen molar-refractivity contribution in [3.05, 3.63) is 23.9 Å². The van der Waals surface area contributed by atoms with Gasteiger partial charge in [-0.15, -0.1) is 13.2 Å².